The quantitative estimate of drug-likeness (QED) is 0.371. The SMILES string of the molecule is C[C@H]1Cc2ccccc2N1C(=O)CN(Cc1ccc(Cl)c(Cl)c1)S(=O)(=O)c1ccc(Br)cc1. The van der Waals surface area contributed by atoms with E-state index in [9.17, 15) is 13.2 Å². The summed E-state index contributed by atoms with van der Waals surface area (Å²) in [5, 5.41) is 0.699. The molecule has 3 aromatic carbocycles. The molecule has 33 heavy (non-hydrogen) atoms. The smallest absolute Gasteiger partial charge is 0.243 e. The fourth-order valence-corrected chi connectivity index (χ4v) is 5.96. The Morgan fingerprint density at radius 3 is 2.45 bits per heavy atom. The summed E-state index contributed by atoms with van der Waals surface area (Å²) < 4.78 is 29.1. The molecule has 1 aliphatic heterocycles. The summed E-state index contributed by atoms with van der Waals surface area (Å²) in [6, 6.07) is 18.9. The first-order chi connectivity index (χ1) is 15.7. The Labute approximate surface area is 212 Å². The zero-order valence-electron chi connectivity index (χ0n) is 17.7. The second-order valence-electron chi connectivity index (χ2n) is 7.92. The maximum atomic E-state index is 13.6. The second kappa shape index (κ2) is 9.76. The molecule has 1 heterocycles. The predicted octanol–water partition coefficient (Wildman–Crippen LogP) is 5.92. The molecule has 0 saturated carbocycles. The van der Waals surface area contributed by atoms with Crippen LogP contribution in [-0.4, -0.2) is 31.2 Å². The van der Waals surface area contributed by atoms with Gasteiger partial charge in [-0.25, -0.2) is 8.42 Å². The summed E-state index contributed by atoms with van der Waals surface area (Å²) in [5.41, 5.74) is 2.53. The number of carbonyl (C=O) groups is 1. The Kier molecular flexibility index (Phi) is 7.17. The number of fused-ring (bicyclic) bond motifs is 1. The van der Waals surface area contributed by atoms with Crippen molar-refractivity contribution in [2.75, 3.05) is 11.4 Å². The van der Waals surface area contributed by atoms with Crippen molar-refractivity contribution in [2.24, 2.45) is 0 Å². The van der Waals surface area contributed by atoms with E-state index in [2.05, 4.69) is 15.9 Å². The third-order valence-corrected chi connectivity index (χ3v) is 8.66. The molecule has 0 spiro atoms. The zero-order chi connectivity index (χ0) is 23.8. The first-order valence-electron chi connectivity index (χ1n) is 10.3. The van der Waals surface area contributed by atoms with Crippen LogP contribution >= 0.6 is 39.1 Å². The monoisotopic (exact) mass is 566 g/mol. The van der Waals surface area contributed by atoms with Crippen LogP contribution in [0.3, 0.4) is 0 Å². The maximum Gasteiger partial charge on any atom is 0.243 e. The zero-order valence-corrected chi connectivity index (χ0v) is 21.6. The van der Waals surface area contributed by atoms with Gasteiger partial charge in [-0.15, -0.1) is 0 Å². The number of hydrogen-bond donors (Lipinski definition) is 0. The van der Waals surface area contributed by atoms with Crippen LogP contribution in [-0.2, 0) is 27.8 Å². The molecule has 0 N–H and O–H groups in total. The van der Waals surface area contributed by atoms with Gasteiger partial charge in [0.05, 0.1) is 21.5 Å². The standard InChI is InChI=1S/C24H21BrCl2N2O3S/c1-16-12-18-4-2-3-5-23(18)29(16)24(30)15-28(14-17-6-11-21(26)22(27)13-17)33(31,32)20-9-7-19(25)8-10-20/h2-11,13,16H,12,14-15H2,1H3/t16-/m0/s1. The van der Waals surface area contributed by atoms with Crippen molar-refractivity contribution in [3.63, 3.8) is 0 Å². The molecular weight excluding hydrogens is 547 g/mol. The number of nitrogens with zero attached hydrogens (tertiary/aromatic N) is 2. The highest BCUT2D eigenvalue weighted by molar-refractivity contribution is 9.10. The van der Waals surface area contributed by atoms with Gasteiger partial charge in [0.2, 0.25) is 15.9 Å². The van der Waals surface area contributed by atoms with E-state index >= 15 is 0 Å². The summed E-state index contributed by atoms with van der Waals surface area (Å²) in [4.78, 5) is 15.2. The third-order valence-electron chi connectivity index (χ3n) is 5.58. The van der Waals surface area contributed by atoms with Gasteiger partial charge in [-0.2, -0.15) is 4.31 Å². The first-order valence-corrected chi connectivity index (χ1v) is 13.3. The molecule has 5 nitrogen and oxygen atoms in total. The molecule has 0 radical (unpaired) electrons. The summed E-state index contributed by atoms with van der Waals surface area (Å²) >= 11 is 15.5. The summed E-state index contributed by atoms with van der Waals surface area (Å²) in [6.45, 7) is 1.63. The molecule has 0 fully saturated rings. The van der Waals surface area contributed by atoms with Crippen LogP contribution in [0.15, 0.2) is 76.1 Å². The van der Waals surface area contributed by atoms with Crippen molar-refractivity contribution in [1.82, 2.24) is 4.31 Å². The van der Waals surface area contributed by atoms with Crippen LogP contribution in [0.4, 0.5) is 5.69 Å². The lowest BCUT2D eigenvalue weighted by molar-refractivity contribution is -0.119. The van der Waals surface area contributed by atoms with Crippen molar-refractivity contribution in [2.45, 2.75) is 30.8 Å². The topological polar surface area (TPSA) is 57.7 Å². The largest absolute Gasteiger partial charge is 0.308 e. The maximum absolute atomic E-state index is 13.6. The number of anilines is 1. The number of carbonyl (C=O) groups excluding carboxylic acids is 1. The normalized spacial score (nSPS) is 15.7. The molecule has 0 aromatic heterocycles. The minimum atomic E-state index is -3.97. The number of rotatable bonds is 6. The lowest BCUT2D eigenvalue weighted by atomic mass is 10.1. The Morgan fingerprint density at radius 1 is 1.06 bits per heavy atom. The number of halogens is 3. The van der Waals surface area contributed by atoms with Crippen LogP contribution in [0.1, 0.15) is 18.1 Å². The lowest BCUT2D eigenvalue weighted by Crippen LogP contribution is -2.44. The third kappa shape index (κ3) is 5.12. The average Bonchev–Trinajstić information content (AvgIpc) is 3.11. The molecule has 1 aliphatic rings. The molecular formula is C24H21BrCl2N2O3S. The number of sulfonamides is 1. The summed E-state index contributed by atoms with van der Waals surface area (Å²) in [5.74, 6) is -0.284. The average molecular weight is 568 g/mol. The van der Waals surface area contributed by atoms with Crippen LogP contribution in [0.5, 0.6) is 0 Å². The van der Waals surface area contributed by atoms with Crippen molar-refractivity contribution >= 4 is 60.7 Å². The highest BCUT2D eigenvalue weighted by Gasteiger charge is 2.34. The van der Waals surface area contributed by atoms with Crippen LogP contribution < -0.4 is 4.90 Å². The van der Waals surface area contributed by atoms with Crippen molar-refractivity contribution in [1.29, 1.82) is 0 Å². The minimum Gasteiger partial charge on any atom is -0.308 e. The number of para-hydroxylation sites is 1. The molecule has 0 aliphatic carbocycles. The van der Waals surface area contributed by atoms with Crippen LogP contribution in [0.25, 0.3) is 0 Å². The van der Waals surface area contributed by atoms with Gasteiger partial charge >= 0.3 is 0 Å². The van der Waals surface area contributed by atoms with Gasteiger partial charge in [0.1, 0.15) is 0 Å². The van der Waals surface area contributed by atoms with Gasteiger partial charge in [-0.3, -0.25) is 4.79 Å². The van der Waals surface area contributed by atoms with E-state index in [-0.39, 0.29) is 29.9 Å². The van der Waals surface area contributed by atoms with Crippen LogP contribution in [0.2, 0.25) is 10.0 Å². The van der Waals surface area contributed by atoms with E-state index in [1.54, 1.807) is 35.2 Å². The minimum absolute atomic E-state index is 0.0229. The summed E-state index contributed by atoms with van der Waals surface area (Å²) in [6.07, 6.45) is 0.730. The van der Waals surface area contributed by atoms with Crippen molar-refractivity contribution < 1.29 is 13.2 Å². The second-order valence-corrected chi connectivity index (χ2v) is 11.6. The predicted molar refractivity (Wildman–Crippen MR) is 135 cm³/mol. The van der Waals surface area contributed by atoms with E-state index in [0.717, 1.165) is 22.1 Å². The van der Waals surface area contributed by atoms with Gasteiger partial charge in [-0.05, 0) is 66.9 Å². The number of amides is 1. The highest BCUT2D eigenvalue weighted by atomic mass is 79.9. The molecule has 0 unspecified atom stereocenters. The van der Waals surface area contributed by atoms with Gasteiger partial charge in [0, 0.05) is 22.7 Å². The van der Waals surface area contributed by atoms with E-state index < -0.39 is 10.0 Å². The molecule has 1 atom stereocenters. The molecule has 1 amide bonds. The molecule has 9 heteroatoms. The van der Waals surface area contributed by atoms with E-state index in [4.69, 9.17) is 23.2 Å². The molecule has 4 rings (SSSR count). The molecule has 3 aromatic rings. The van der Waals surface area contributed by atoms with Crippen LogP contribution in [0, 0.1) is 0 Å². The van der Waals surface area contributed by atoms with E-state index in [1.165, 1.54) is 16.4 Å². The fraction of sp³-hybridized carbons (Fsp3) is 0.208. The lowest BCUT2D eigenvalue weighted by Gasteiger charge is -2.27. The van der Waals surface area contributed by atoms with Gasteiger partial charge < -0.3 is 4.90 Å². The Balaban J connectivity index is 1.68. The molecule has 0 bridgehead atoms. The Hall–Kier alpha value is -1.90. The van der Waals surface area contributed by atoms with Gasteiger partial charge in [0.15, 0.2) is 0 Å². The number of benzene rings is 3. The van der Waals surface area contributed by atoms with E-state index in [1.807, 2.05) is 31.2 Å². The fourth-order valence-electron chi connectivity index (χ4n) is 4.00. The summed E-state index contributed by atoms with van der Waals surface area (Å²) in [7, 11) is -3.97. The highest BCUT2D eigenvalue weighted by Crippen LogP contribution is 2.32. The molecule has 0 saturated heterocycles. The van der Waals surface area contributed by atoms with Gasteiger partial charge in [0.25, 0.3) is 0 Å². The molecule has 172 valence electrons. The van der Waals surface area contributed by atoms with E-state index in [0.29, 0.717) is 15.6 Å². The number of hydrogen-bond acceptors (Lipinski definition) is 3. The van der Waals surface area contributed by atoms with Gasteiger partial charge in [-0.1, -0.05) is 63.4 Å². The first kappa shape index (κ1) is 24.2. The Bertz CT molecular complexity index is 1300. The van der Waals surface area contributed by atoms with Crippen molar-refractivity contribution in [3.8, 4) is 0 Å². The Morgan fingerprint density at radius 2 is 1.76 bits per heavy atom. The van der Waals surface area contributed by atoms with Crippen molar-refractivity contribution in [3.05, 3.63) is 92.4 Å².